The minimum absolute atomic E-state index is 0.157. The SMILES string of the molecule is Cc1cc(O)ccc1NC(=O)Nc1cnn(-c2ccccn2)c1. The molecule has 0 radical (unpaired) electrons. The highest BCUT2D eigenvalue weighted by molar-refractivity contribution is 6.00. The molecular weight excluding hydrogens is 294 g/mol. The van der Waals surface area contributed by atoms with Gasteiger partial charge in [0.2, 0.25) is 0 Å². The summed E-state index contributed by atoms with van der Waals surface area (Å²) >= 11 is 0. The van der Waals surface area contributed by atoms with Gasteiger partial charge in [-0.1, -0.05) is 6.07 Å². The Morgan fingerprint density at radius 2 is 2.09 bits per heavy atom. The Balaban J connectivity index is 1.68. The van der Waals surface area contributed by atoms with E-state index in [0.717, 1.165) is 5.56 Å². The summed E-state index contributed by atoms with van der Waals surface area (Å²) in [6.07, 6.45) is 4.88. The molecule has 0 saturated heterocycles. The lowest BCUT2D eigenvalue weighted by molar-refractivity contribution is 0.262. The lowest BCUT2D eigenvalue weighted by Gasteiger charge is -2.09. The molecule has 0 saturated carbocycles. The molecule has 0 fully saturated rings. The van der Waals surface area contributed by atoms with Crippen LogP contribution in [-0.4, -0.2) is 25.9 Å². The van der Waals surface area contributed by atoms with Crippen LogP contribution in [-0.2, 0) is 0 Å². The monoisotopic (exact) mass is 309 g/mol. The second-order valence-electron chi connectivity index (χ2n) is 4.94. The van der Waals surface area contributed by atoms with Gasteiger partial charge in [0.05, 0.1) is 18.1 Å². The van der Waals surface area contributed by atoms with E-state index >= 15 is 0 Å². The summed E-state index contributed by atoms with van der Waals surface area (Å²) in [4.78, 5) is 16.2. The lowest BCUT2D eigenvalue weighted by atomic mass is 10.2. The first kappa shape index (κ1) is 14.6. The number of carbonyl (C=O) groups is 1. The summed E-state index contributed by atoms with van der Waals surface area (Å²) in [5, 5.41) is 18.9. The van der Waals surface area contributed by atoms with E-state index in [1.54, 1.807) is 36.1 Å². The van der Waals surface area contributed by atoms with Gasteiger partial charge in [-0.25, -0.2) is 14.5 Å². The standard InChI is InChI=1S/C16H15N5O2/c1-11-8-13(22)5-6-14(11)20-16(23)19-12-9-18-21(10-12)15-4-2-3-7-17-15/h2-10,22H,1H3,(H2,19,20,23). The molecule has 23 heavy (non-hydrogen) atoms. The predicted molar refractivity (Wildman–Crippen MR) is 86.8 cm³/mol. The normalized spacial score (nSPS) is 10.3. The third-order valence-electron chi connectivity index (χ3n) is 3.18. The van der Waals surface area contributed by atoms with E-state index in [0.29, 0.717) is 17.2 Å². The number of anilines is 2. The summed E-state index contributed by atoms with van der Waals surface area (Å²) in [6, 6.07) is 9.84. The molecule has 0 aliphatic carbocycles. The third kappa shape index (κ3) is 3.46. The highest BCUT2D eigenvalue weighted by Gasteiger charge is 2.08. The Morgan fingerprint density at radius 1 is 1.22 bits per heavy atom. The molecule has 3 N–H and O–H groups in total. The van der Waals surface area contributed by atoms with Gasteiger partial charge in [-0.15, -0.1) is 0 Å². The van der Waals surface area contributed by atoms with E-state index in [2.05, 4.69) is 20.7 Å². The fourth-order valence-electron chi connectivity index (χ4n) is 2.07. The van der Waals surface area contributed by atoms with Gasteiger partial charge >= 0.3 is 6.03 Å². The number of benzene rings is 1. The second-order valence-corrected chi connectivity index (χ2v) is 4.94. The van der Waals surface area contributed by atoms with Gasteiger partial charge < -0.3 is 15.7 Å². The number of aromatic hydroxyl groups is 1. The first-order valence-corrected chi connectivity index (χ1v) is 6.95. The quantitative estimate of drug-likeness (QED) is 0.649. The van der Waals surface area contributed by atoms with E-state index in [4.69, 9.17) is 0 Å². The van der Waals surface area contributed by atoms with E-state index in [-0.39, 0.29) is 11.8 Å². The topological polar surface area (TPSA) is 92.1 Å². The molecule has 0 aliphatic heterocycles. The highest BCUT2D eigenvalue weighted by Crippen LogP contribution is 2.20. The van der Waals surface area contributed by atoms with Gasteiger partial charge in [0.25, 0.3) is 0 Å². The molecule has 0 bridgehead atoms. The van der Waals surface area contributed by atoms with Crippen LogP contribution in [0.2, 0.25) is 0 Å². The lowest BCUT2D eigenvalue weighted by Crippen LogP contribution is -2.19. The van der Waals surface area contributed by atoms with Gasteiger partial charge in [-0.3, -0.25) is 0 Å². The van der Waals surface area contributed by atoms with Crippen molar-refractivity contribution in [2.75, 3.05) is 10.6 Å². The Bertz CT molecular complexity index is 829. The Labute approximate surface area is 132 Å². The molecule has 3 aromatic rings. The Kier molecular flexibility index (Phi) is 3.92. The average Bonchev–Trinajstić information content (AvgIpc) is 2.99. The zero-order valence-electron chi connectivity index (χ0n) is 12.4. The molecular formula is C16H15N5O2. The van der Waals surface area contributed by atoms with E-state index in [1.807, 2.05) is 18.2 Å². The third-order valence-corrected chi connectivity index (χ3v) is 3.18. The molecule has 116 valence electrons. The number of nitrogens with zero attached hydrogens (tertiary/aromatic N) is 3. The maximum atomic E-state index is 12.0. The summed E-state index contributed by atoms with van der Waals surface area (Å²) < 4.78 is 1.57. The molecule has 0 spiro atoms. The number of pyridine rings is 1. The van der Waals surface area contributed by atoms with Crippen molar-refractivity contribution in [3.05, 3.63) is 60.6 Å². The van der Waals surface area contributed by atoms with Crippen molar-refractivity contribution in [2.24, 2.45) is 0 Å². The van der Waals surface area contributed by atoms with Gasteiger partial charge in [0, 0.05) is 11.9 Å². The van der Waals surface area contributed by atoms with Crippen LogP contribution in [0.1, 0.15) is 5.56 Å². The zero-order valence-corrected chi connectivity index (χ0v) is 12.4. The first-order chi connectivity index (χ1) is 11.1. The fourth-order valence-corrected chi connectivity index (χ4v) is 2.07. The number of aryl methyl sites for hydroxylation is 1. The number of hydrogen-bond acceptors (Lipinski definition) is 4. The van der Waals surface area contributed by atoms with Crippen molar-refractivity contribution in [2.45, 2.75) is 6.92 Å². The molecule has 7 heteroatoms. The summed E-state index contributed by atoms with van der Waals surface area (Å²) in [6.45, 7) is 1.80. The predicted octanol–water partition coefficient (Wildman–Crippen LogP) is 2.93. The van der Waals surface area contributed by atoms with Gasteiger partial charge in [0.15, 0.2) is 5.82 Å². The van der Waals surface area contributed by atoms with Crippen LogP contribution in [0.3, 0.4) is 0 Å². The Morgan fingerprint density at radius 3 is 2.83 bits per heavy atom. The van der Waals surface area contributed by atoms with Gasteiger partial charge in [0.1, 0.15) is 5.75 Å². The van der Waals surface area contributed by atoms with Crippen LogP contribution < -0.4 is 10.6 Å². The Hall–Kier alpha value is -3.35. The largest absolute Gasteiger partial charge is 0.508 e. The van der Waals surface area contributed by atoms with E-state index in [1.165, 1.54) is 12.3 Å². The van der Waals surface area contributed by atoms with Gasteiger partial charge in [-0.05, 0) is 42.8 Å². The number of phenolic OH excluding ortho intramolecular Hbond substituents is 1. The number of nitrogens with one attached hydrogen (secondary N) is 2. The summed E-state index contributed by atoms with van der Waals surface area (Å²) in [5.74, 6) is 0.820. The van der Waals surface area contributed by atoms with Crippen molar-refractivity contribution in [1.82, 2.24) is 14.8 Å². The maximum Gasteiger partial charge on any atom is 0.323 e. The summed E-state index contributed by atoms with van der Waals surface area (Å²) in [5.41, 5.74) is 1.94. The number of carbonyl (C=O) groups excluding carboxylic acids is 1. The van der Waals surface area contributed by atoms with Crippen LogP contribution in [0, 0.1) is 6.92 Å². The number of phenols is 1. The van der Waals surface area contributed by atoms with E-state index in [9.17, 15) is 9.90 Å². The molecule has 1 aromatic carbocycles. The smallest absolute Gasteiger partial charge is 0.323 e. The first-order valence-electron chi connectivity index (χ1n) is 6.95. The van der Waals surface area contributed by atoms with Crippen LogP contribution in [0.4, 0.5) is 16.2 Å². The minimum atomic E-state index is -0.389. The summed E-state index contributed by atoms with van der Waals surface area (Å²) in [7, 11) is 0. The van der Waals surface area contributed by atoms with Crippen molar-refractivity contribution < 1.29 is 9.90 Å². The number of urea groups is 1. The fraction of sp³-hybridized carbons (Fsp3) is 0.0625. The number of hydrogen-bond donors (Lipinski definition) is 3. The average molecular weight is 309 g/mol. The number of amides is 2. The van der Waals surface area contributed by atoms with Gasteiger partial charge in [-0.2, -0.15) is 5.10 Å². The molecule has 0 atom stereocenters. The maximum absolute atomic E-state index is 12.0. The van der Waals surface area contributed by atoms with Crippen LogP contribution in [0.5, 0.6) is 5.75 Å². The molecule has 2 aromatic heterocycles. The van der Waals surface area contributed by atoms with E-state index < -0.39 is 0 Å². The van der Waals surface area contributed by atoms with Crippen LogP contribution >= 0.6 is 0 Å². The highest BCUT2D eigenvalue weighted by atomic mass is 16.3. The van der Waals surface area contributed by atoms with Crippen molar-refractivity contribution in [3.8, 4) is 11.6 Å². The van der Waals surface area contributed by atoms with Crippen molar-refractivity contribution in [1.29, 1.82) is 0 Å². The van der Waals surface area contributed by atoms with Crippen LogP contribution in [0.15, 0.2) is 55.0 Å². The molecule has 7 nitrogen and oxygen atoms in total. The number of rotatable bonds is 3. The molecule has 0 unspecified atom stereocenters. The van der Waals surface area contributed by atoms with Crippen LogP contribution in [0.25, 0.3) is 5.82 Å². The number of aromatic nitrogens is 3. The second kappa shape index (κ2) is 6.18. The molecule has 0 aliphatic rings. The van der Waals surface area contributed by atoms with Crippen molar-refractivity contribution in [3.63, 3.8) is 0 Å². The molecule has 2 heterocycles. The van der Waals surface area contributed by atoms with Crippen molar-refractivity contribution >= 4 is 17.4 Å². The minimum Gasteiger partial charge on any atom is -0.508 e. The molecule has 3 rings (SSSR count). The zero-order chi connectivity index (χ0) is 16.2. The molecule has 2 amide bonds.